The maximum absolute atomic E-state index is 13.6. The van der Waals surface area contributed by atoms with Gasteiger partial charge in [-0.2, -0.15) is 0 Å². The second kappa shape index (κ2) is 7.48. The molecule has 3 aliphatic rings. The molecule has 2 amide bonds. The Kier molecular flexibility index (Phi) is 4.76. The molecule has 1 unspecified atom stereocenters. The molecule has 2 aromatic rings. The molecule has 0 bridgehead atoms. The van der Waals surface area contributed by atoms with E-state index in [4.69, 9.17) is 14.2 Å². The van der Waals surface area contributed by atoms with Crippen LogP contribution in [0.3, 0.4) is 0 Å². The first-order valence-corrected chi connectivity index (χ1v) is 10.8. The fourth-order valence-electron chi connectivity index (χ4n) is 4.79. The summed E-state index contributed by atoms with van der Waals surface area (Å²) in [5, 5.41) is 3.06. The van der Waals surface area contributed by atoms with Crippen LogP contribution in [0.5, 0.6) is 17.2 Å². The van der Waals surface area contributed by atoms with E-state index in [2.05, 4.69) is 12.2 Å². The quantitative estimate of drug-likeness (QED) is 0.745. The predicted molar refractivity (Wildman–Crippen MR) is 116 cm³/mol. The summed E-state index contributed by atoms with van der Waals surface area (Å²) in [6.07, 6.45) is 3.37. The first-order valence-electron chi connectivity index (χ1n) is 10.8. The van der Waals surface area contributed by atoms with Gasteiger partial charge in [0, 0.05) is 36.3 Å². The second-order valence-electron chi connectivity index (χ2n) is 8.26. The number of anilines is 2. The topological polar surface area (TPSA) is 77.1 Å². The van der Waals surface area contributed by atoms with Gasteiger partial charge in [0.15, 0.2) is 11.5 Å². The van der Waals surface area contributed by atoms with Crippen LogP contribution in [0.1, 0.15) is 43.7 Å². The summed E-state index contributed by atoms with van der Waals surface area (Å²) in [6.45, 7) is 3.22. The molecule has 5 rings (SSSR count). The van der Waals surface area contributed by atoms with E-state index >= 15 is 0 Å². The average molecular weight is 422 g/mol. The maximum atomic E-state index is 13.6. The van der Waals surface area contributed by atoms with Crippen LogP contribution in [-0.4, -0.2) is 38.7 Å². The molecule has 1 spiro atoms. The van der Waals surface area contributed by atoms with E-state index < -0.39 is 5.41 Å². The summed E-state index contributed by atoms with van der Waals surface area (Å²) >= 11 is 0. The van der Waals surface area contributed by atoms with Crippen molar-refractivity contribution in [3.8, 4) is 17.2 Å². The Labute approximate surface area is 181 Å². The van der Waals surface area contributed by atoms with Crippen LogP contribution in [0.2, 0.25) is 0 Å². The van der Waals surface area contributed by atoms with Gasteiger partial charge in [-0.1, -0.05) is 25.8 Å². The number of rotatable bonds is 5. The monoisotopic (exact) mass is 422 g/mol. The lowest BCUT2D eigenvalue weighted by Gasteiger charge is -2.25. The van der Waals surface area contributed by atoms with Gasteiger partial charge in [0.05, 0.1) is 5.69 Å². The van der Waals surface area contributed by atoms with E-state index in [-0.39, 0.29) is 18.4 Å². The molecule has 31 heavy (non-hydrogen) atoms. The van der Waals surface area contributed by atoms with Crippen molar-refractivity contribution in [2.24, 2.45) is 0 Å². The van der Waals surface area contributed by atoms with Gasteiger partial charge in [-0.3, -0.25) is 9.59 Å². The molecular formula is C24H26N2O5. The number of fused-ring (bicyclic) bond motifs is 5. The third-order valence-electron chi connectivity index (χ3n) is 6.33. The van der Waals surface area contributed by atoms with Gasteiger partial charge >= 0.3 is 0 Å². The fourth-order valence-corrected chi connectivity index (χ4v) is 4.79. The summed E-state index contributed by atoms with van der Waals surface area (Å²) in [5.41, 5.74) is 1.94. The van der Waals surface area contributed by atoms with Crippen LogP contribution in [-0.2, 0) is 15.0 Å². The first-order chi connectivity index (χ1) is 15.1. The van der Waals surface area contributed by atoms with Crippen LogP contribution < -0.4 is 24.4 Å². The van der Waals surface area contributed by atoms with Crippen molar-refractivity contribution in [3.05, 3.63) is 41.5 Å². The number of benzene rings is 2. The third kappa shape index (κ3) is 2.94. The Morgan fingerprint density at radius 2 is 1.87 bits per heavy atom. The number of hydrogen-bond acceptors (Lipinski definition) is 5. The zero-order valence-corrected chi connectivity index (χ0v) is 17.8. The van der Waals surface area contributed by atoms with E-state index in [0.717, 1.165) is 36.1 Å². The molecule has 3 heterocycles. The Morgan fingerprint density at radius 1 is 1.10 bits per heavy atom. The normalized spacial score (nSPS) is 20.5. The van der Waals surface area contributed by atoms with Crippen molar-refractivity contribution in [3.63, 3.8) is 0 Å². The number of carbonyl (C=O) groups is 2. The SMILES string of the molecule is CCCCCC(=O)Nc1cccc2c1C1(COc3cc4c(cc31)OCCO4)C(=O)N2C. The Morgan fingerprint density at radius 3 is 2.65 bits per heavy atom. The maximum Gasteiger partial charge on any atom is 0.245 e. The van der Waals surface area contributed by atoms with Gasteiger partial charge in [-0.05, 0) is 24.6 Å². The lowest BCUT2D eigenvalue weighted by atomic mass is 9.76. The van der Waals surface area contributed by atoms with Crippen molar-refractivity contribution in [2.75, 3.05) is 37.1 Å². The van der Waals surface area contributed by atoms with Crippen LogP contribution in [0.4, 0.5) is 11.4 Å². The minimum Gasteiger partial charge on any atom is -0.491 e. The first kappa shape index (κ1) is 19.7. The number of carbonyl (C=O) groups excluding carboxylic acids is 2. The standard InChI is InChI=1S/C24H26N2O5/c1-3-4-5-9-21(27)25-16-7-6-8-17-22(16)24(23(28)26(17)2)14-31-18-13-20-19(12-15(18)24)29-10-11-30-20/h6-8,12-13H,3-5,9-11,14H2,1-2H3,(H,25,27). The number of ether oxygens (including phenoxy) is 3. The molecule has 0 saturated heterocycles. The number of nitrogens with zero attached hydrogens (tertiary/aromatic N) is 1. The molecule has 0 aromatic heterocycles. The predicted octanol–water partition coefficient (Wildman–Crippen LogP) is 3.63. The van der Waals surface area contributed by atoms with Crippen LogP contribution in [0.15, 0.2) is 30.3 Å². The van der Waals surface area contributed by atoms with Gasteiger partial charge in [-0.25, -0.2) is 0 Å². The number of unbranched alkanes of at least 4 members (excludes halogenated alkanes) is 2. The smallest absolute Gasteiger partial charge is 0.245 e. The second-order valence-corrected chi connectivity index (χ2v) is 8.26. The van der Waals surface area contributed by atoms with E-state index in [0.29, 0.717) is 42.6 Å². The Hall–Kier alpha value is -3.22. The van der Waals surface area contributed by atoms with Gasteiger partial charge < -0.3 is 24.4 Å². The minimum atomic E-state index is -1.03. The summed E-state index contributed by atoms with van der Waals surface area (Å²) in [5.74, 6) is 1.73. The summed E-state index contributed by atoms with van der Waals surface area (Å²) < 4.78 is 17.5. The Bertz CT molecular complexity index is 1070. The van der Waals surface area contributed by atoms with Crippen molar-refractivity contribution < 1.29 is 23.8 Å². The highest BCUT2D eigenvalue weighted by Gasteiger charge is 2.57. The lowest BCUT2D eigenvalue weighted by Crippen LogP contribution is -2.41. The van der Waals surface area contributed by atoms with Crippen LogP contribution >= 0.6 is 0 Å². The summed E-state index contributed by atoms with van der Waals surface area (Å²) in [4.78, 5) is 27.9. The zero-order chi connectivity index (χ0) is 21.6. The number of nitrogens with one attached hydrogen (secondary N) is 1. The van der Waals surface area contributed by atoms with Gasteiger partial charge in [0.2, 0.25) is 11.8 Å². The van der Waals surface area contributed by atoms with E-state index in [1.165, 1.54) is 0 Å². The van der Waals surface area contributed by atoms with Crippen molar-refractivity contribution in [1.82, 2.24) is 0 Å². The number of amides is 2. The minimum absolute atomic E-state index is 0.0414. The highest BCUT2D eigenvalue weighted by atomic mass is 16.6. The molecule has 7 heteroatoms. The molecule has 1 N–H and O–H groups in total. The van der Waals surface area contributed by atoms with Gasteiger partial charge in [-0.15, -0.1) is 0 Å². The molecule has 0 saturated carbocycles. The molecule has 0 aliphatic carbocycles. The molecule has 2 aromatic carbocycles. The Balaban J connectivity index is 1.60. The van der Waals surface area contributed by atoms with Crippen LogP contribution in [0, 0.1) is 0 Å². The molecule has 3 aliphatic heterocycles. The van der Waals surface area contributed by atoms with Gasteiger partial charge in [0.1, 0.15) is 31.0 Å². The van der Waals surface area contributed by atoms with E-state index in [1.807, 2.05) is 24.3 Å². The van der Waals surface area contributed by atoms with Crippen molar-refractivity contribution in [2.45, 2.75) is 38.0 Å². The molecular weight excluding hydrogens is 396 g/mol. The van der Waals surface area contributed by atoms with Crippen molar-refractivity contribution >= 4 is 23.2 Å². The van der Waals surface area contributed by atoms with Crippen molar-refractivity contribution in [1.29, 1.82) is 0 Å². The highest BCUT2D eigenvalue weighted by Crippen LogP contribution is 2.56. The van der Waals surface area contributed by atoms with E-state index in [1.54, 1.807) is 18.0 Å². The fraction of sp³-hybridized carbons (Fsp3) is 0.417. The molecule has 0 fully saturated rings. The zero-order valence-electron chi connectivity index (χ0n) is 17.8. The average Bonchev–Trinajstić information content (AvgIpc) is 3.25. The third-order valence-corrected chi connectivity index (χ3v) is 6.33. The molecule has 7 nitrogen and oxygen atoms in total. The summed E-state index contributed by atoms with van der Waals surface area (Å²) in [7, 11) is 1.76. The van der Waals surface area contributed by atoms with Gasteiger partial charge in [0.25, 0.3) is 0 Å². The largest absolute Gasteiger partial charge is 0.491 e. The number of hydrogen-bond donors (Lipinski definition) is 1. The number of likely N-dealkylation sites (N-methyl/N-ethyl adjacent to an activating group) is 1. The van der Waals surface area contributed by atoms with E-state index in [9.17, 15) is 9.59 Å². The molecule has 0 radical (unpaired) electrons. The van der Waals surface area contributed by atoms with Crippen LogP contribution in [0.25, 0.3) is 0 Å². The lowest BCUT2D eigenvalue weighted by molar-refractivity contribution is -0.122. The highest BCUT2D eigenvalue weighted by molar-refractivity contribution is 6.14. The molecule has 162 valence electrons. The summed E-state index contributed by atoms with van der Waals surface area (Å²) in [6, 6.07) is 9.29. The molecule has 1 atom stereocenters.